The van der Waals surface area contributed by atoms with Crippen LogP contribution in [0, 0.1) is 19.7 Å². The Kier molecular flexibility index (Phi) is 6.46. The Morgan fingerprint density at radius 2 is 1.51 bits per heavy atom. The third-order valence-electron chi connectivity index (χ3n) is 7.92. The van der Waals surface area contributed by atoms with Crippen LogP contribution in [0.15, 0.2) is 100 Å². The molecule has 4 aromatic carbocycles. The number of halogens is 3. The number of benzene rings is 5. The Balaban J connectivity index is 1.83. The van der Waals surface area contributed by atoms with E-state index in [1.165, 1.54) is 0 Å². The van der Waals surface area contributed by atoms with Crippen molar-refractivity contribution >= 4 is 44.9 Å². The van der Waals surface area contributed by atoms with E-state index in [9.17, 15) is 9.90 Å². The minimum absolute atomic E-state index is 0.0687. The first kappa shape index (κ1) is 27.1. The lowest BCUT2D eigenvalue weighted by Gasteiger charge is -2.23. The van der Waals surface area contributed by atoms with Crippen molar-refractivity contribution in [3.05, 3.63) is 128 Å². The Morgan fingerprint density at radius 1 is 0.767 bits per heavy atom. The average Bonchev–Trinajstić information content (AvgIpc) is 3.01. The molecule has 0 unspecified atom stereocenters. The number of aromatic nitrogens is 1. The summed E-state index contributed by atoms with van der Waals surface area (Å²) in [6.07, 6.45) is 3.32. The van der Waals surface area contributed by atoms with Gasteiger partial charge in [-0.2, -0.15) is 4.39 Å². The zero-order valence-electron chi connectivity index (χ0n) is 23.0. The number of phenolic OH excluding ortho intramolecular Hbond substituents is 1. The summed E-state index contributed by atoms with van der Waals surface area (Å²) in [6, 6.07) is 23.3. The quantitative estimate of drug-likeness (QED) is 0.161. The topological polar surface area (TPSA) is 63.3 Å². The Labute approximate surface area is 255 Å². The first-order chi connectivity index (χ1) is 20.8. The molecule has 0 fully saturated rings. The predicted octanol–water partition coefficient (Wildman–Crippen LogP) is 10.2. The summed E-state index contributed by atoms with van der Waals surface area (Å²) in [5.41, 5.74) is 4.65. The van der Waals surface area contributed by atoms with Gasteiger partial charge in [0, 0.05) is 56.0 Å². The summed E-state index contributed by atoms with van der Waals surface area (Å²) < 4.78 is 22.5. The van der Waals surface area contributed by atoms with Crippen LogP contribution in [0.2, 0.25) is 10.0 Å². The van der Waals surface area contributed by atoms with Crippen molar-refractivity contribution in [1.29, 1.82) is 0 Å². The molecule has 7 heteroatoms. The number of rotatable bonds is 3. The second-order valence-corrected chi connectivity index (χ2v) is 11.3. The molecule has 0 amide bonds. The van der Waals surface area contributed by atoms with Gasteiger partial charge in [-0.25, -0.2) is 0 Å². The van der Waals surface area contributed by atoms with Crippen LogP contribution in [-0.4, -0.2) is 10.1 Å². The van der Waals surface area contributed by atoms with Crippen LogP contribution >= 0.6 is 23.2 Å². The van der Waals surface area contributed by atoms with Crippen LogP contribution in [0.3, 0.4) is 0 Å². The average molecular weight is 606 g/mol. The van der Waals surface area contributed by atoms with Gasteiger partial charge in [-0.3, -0.25) is 9.78 Å². The van der Waals surface area contributed by atoms with Crippen molar-refractivity contribution in [1.82, 2.24) is 4.98 Å². The van der Waals surface area contributed by atoms with Crippen molar-refractivity contribution in [2.24, 2.45) is 0 Å². The molecule has 1 aliphatic carbocycles. The predicted molar refractivity (Wildman–Crippen MR) is 172 cm³/mol. The molecule has 0 atom stereocenters. The normalized spacial score (nSPS) is 11.6. The summed E-state index contributed by atoms with van der Waals surface area (Å²) in [5.74, 6) is -1.33. The van der Waals surface area contributed by atoms with Crippen molar-refractivity contribution in [2.45, 2.75) is 13.8 Å². The van der Waals surface area contributed by atoms with Crippen molar-refractivity contribution in [3.63, 3.8) is 0 Å². The Morgan fingerprint density at radius 3 is 2.26 bits per heavy atom. The monoisotopic (exact) mass is 605 g/mol. The molecule has 7 rings (SSSR count). The molecule has 0 bridgehead atoms. The summed E-state index contributed by atoms with van der Waals surface area (Å²) in [5, 5.41) is 14.0. The Bertz CT molecular complexity index is 2280. The maximum absolute atomic E-state index is 16.1. The fraction of sp³-hybridized carbons (Fsp3) is 0.0556. The van der Waals surface area contributed by atoms with E-state index in [2.05, 4.69) is 4.98 Å². The smallest absolute Gasteiger partial charge is 0.225 e. The number of fused-ring (bicyclic) bond motifs is 4. The zero-order chi connectivity index (χ0) is 30.0. The number of pyridine rings is 1. The van der Waals surface area contributed by atoms with Crippen molar-refractivity contribution in [2.75, 3.05) is 0 Å². The van der Waals surface area contributed by atoms with Gasteiger partial charge in [-0.1, -0.05) is 77.8 Å². The number of nitrogens with zero attached hydrogens (tertiary/aromatic N) is 1. The minimum atomic E-state index is -1.03. The van der Waals surface area contributed by atoms with E-state index in [0.29, 0.717) is 59.8 Å². The van der Waals surface area contributed by atoms with E-state index < -0.39 is 11.2 Å². The van der Waals surface area contributed by atoms with E-state index in [1.807, 2.05) is 44.2 Å². The van der Waals surface area contributed by atoms with Crippen LogP contribution in [0.5, 0.6) is 5.75 Å². The first-order valence-corrected chi connectivity index (χ1v) is 14.3. The van der Waals surface area contributed by atoms with Gasteiger partial charge in [0.1, 0.15) is 11.3 Å². The standard InChI is InChI=1S/C36H22Cl2FNO3/c1-18-8-3-4-10-22(18)30-33(41)25(20-9-7-13-40-17-20)16-27-28(26-15-21(37)14-19(2)31(26)38)29-23-11-5-6-12-24(23)34(42)32(39)36(29)43-35(27)30/h3-17,41H,1-2H3. The summed E-state index contributed by atoms with van der Waals surface area (Å²) in [7, 11) is 0. The molecule has 0 saturated carbocycles. The molecular formula is C36H22Cl2FNO3. The molecule has 5 aromatic rings. The number of aryl methyl sites for hydroxylation is 2. The molecule has 1 N–H and O–H groups in total. The zero-order valence-corrected chi connectivity index (χ0v) is 24.5. The van der Waals surface area contributed by atoms with E-state index in [4.69, 9.17) is 27.6 Å². The van der Waals surface area contributed by atoms with Gasteiger partial charge in [0.2, 0.25) is 11.2 Å². The lowest BCUT2D eigenvalue weighted by molar-refractivity contribution is 0.477. The molecule has 2 aliphatic rings. The van der Waals surface area contributed by atoms with Crippen LogP contribution < -0.4 is 5.43 Å². The first-order valence-electron chi connectivity index (χ1n) is 13.6. The van der Waals surface area contributed by atoms with Crippen molar-refractivity contribution < 1.29 is 13.9 Å². The van der Waals surface area contributed by atoms with Gasteiger partial charge < -0.3 is 9.52 Å². The molecular weight excluding hydrogens is 584 g/mol. The van der Waals surface area contributed by atoms with Crippen molar-refractivity contribution in [3.8, 4) is 50.5 Å². The van der Waals surface area contributed by atoms with E-state index in [-0.39, 0.29) is 22.5 Å². The van der Waals surface area contributed by atoms with Gasteiger partial charge >= 0.3 is 0 Å². The lowest BCUT2D eigenvalue weighted by atomic mass is 9.85. The van der Waals surface area contributed by atoms with Gasteiger partial charge in [-0.05, 0) is 60.2 Å². The maximum atomic E-state index is 16.1. The number of aromatic hydroxyl groups is 1. The highest BCUT2D eigenvalue weighted by atomic mass is 35.5. The molecule has 1 aromatic heterocycles. The van der Waals surface area contributed by atoms with E-state index in [0.717, 1.165) is 11.1 Å². The van der Waals surface area contributed by atoms with Gasteiger partial charge in [0.15, 0.2) is 5.76 Å². The third-order valence-corrected chi connectivity index (χ3v) is 8.64. The van der Waals surface area contributed by atoms with Gasteiger partial charge in [0.25, 0.3) is 0 Å². The molecule has 4 nitrogen and oxygen atoms in total. The second-order valence-electron chi connectivity index (χ2n) is 10.5. The molecule has 1 aliphatic heterocycles. The third kappa shape index (κ3) is 4.19. The van der Waals surface area contributed by atoms with E-state index >= 15 is 4.39 Å². The summed E-state index contributed by atoms with van der Waals surface area (Å²) >= 11 is 13.6. The Hall–Kier alpha value is -4.71. The highest BCUT2D eigenvalue weighted by molar-refractivity contribution is 6.37. The van der Waals surface area contributed by atoms with Crippen LogP contribution in [-0.2, 0) is 0 Å². The molecule has 0 spiro atoms. The molecule has 210 valence electrons. The molecule has 2 heterocycles. The largest absolute Gasteiger partial charge is 0.507 e. The molecule has 0 radical (unpaired) electrons. The lowest BCUT2D eigenvalue weighted by Crippen LogP contribution is -2.11. The fourth-order valence-corrected chi connectivity index (χ4v) is 6.39. The SMILES string of the molecule is Cc1ccccc1-c1c(O)c(-c2cccnc2)cc2c(-c3cc(Cl)cc(C)c3Cl)c3c4ccccc4c(=O)c(F)c-3oc12. The number of hydrogen-bond acceptors (Lipinski definition) is 4. The highest BCUT2D eigenvalue weighted by Gasteiger charge is 2.30. The molecule has 43 heavy (non-hydrogen) atoms. The van der Waals surface area contributed by atoms with E-state index in [1.54, 1.807) is 60.9 Å². The fourth-order valence-electron chi connectivity index (χ4n) is 5.91. The van der Waals surface area contributed by atoms with Crippen LogP contribution in [0.4, 0.5) is 4.39 Å². The molecule has 0 saturated heterocycles. The van der Waals surface area contributed by atoms with Crippen LogP contribution in [0.25, 0.3) is 66.4 Å². The van der Waals surface area contributed by atoms with Gasteiger partial charge in [0.05, 0.1) is 10.6 Å². The van der Waals surface area contributed by atoms with Crippen LogP contribution in [0.1, 0.15) is 11.1 Å². The van der Waals surface area contributed by atoms with Gasteiger partial charge in [-0.15, -0.1) is 0 Å². The maximum Gasteiger partial charge on any atom is 0.225 e. The number of phenols is 1. The summed E-state index contributed by atoms with van der Waals surface area (Å²) in [4.78, 5) is 17.6. The second kappa shape index (κ2) is 10.2. The summed E-state index contributed by atoms with van der Waals surface area (Å²) in [6.45, 7) is 3.76. The highest BCUT2D eigenvalue weighted by Crippen LogP contribution is 2.53. The minimum Gasteiger partial charge on any atom is -0.507 e. The number of hydrogen-bond donors (Lipinski definition) is 1.